The number of anilines is 1. The van der Waals surface area contributed by atoms with Gasteiger partial charge in [0, 0.05) is 0 Å². The summed E-state index contributed by atoms with van der Waals surface area (Å²) in [6.07, 6.45) is -3.36. The van der Waals surface area contributed by atoms with E-state index in [1.54, 1.807) is 43.3 Å². The zero-order valence-corrected chi connectivity index (χ0v) is 19.6. The summed E-state index contributed by atoms with van der Waals surface area (Å²) in [5, 5.41) is 3.80. The van der Waals surface area contributed by atoms with Gasteiger partial charge in [-0.05, 0) is 67.1 Å². The van der Waals surface area contributed by atoms with Gasteiger partial charge in [0.2, 0.25) is 0 Å². The van der Waals surface area contributed by atoms with E-state index in [0.717, 1.165) is 17.7 Å². The van der Waals surface area contributed by atoms with Crippen molar-refractivity contribution in [3.63, 3.8) is 0 Å². The lowest BCUT2D eigenvalue weighted by Gasteiger charge is -2.24. The third-order valence-electron chi connectivity index (χ3n) is 4.88. The Kier molecular flexibility index (Phi) is 7.80. The molecular weight excluding hydrogens is 483 g/mol. The summed E-state index contributed by atoms with van der Waals surface area (Å²) in [5.41, 5.74) is 2.28. The monoisotopic (exact) mass is 505 g/mol. The number of rotatable bonds is 8. The van der Waals surface area contributed by atoms with E-state index in [9.17, 15) is 26.4 Å². The maximum Gasteiger partial charge on any atom is 0.416 e. The van der Waals surface area contributed by atoms with E-state index < -0.39 is 34.2 Å². The Labute approximate surface area is 200 Å². The maximum atomic E-state index is 13.3. The lowest BCUT2D eigenvalue weighted by atomic mass is 10.2. The Morgan fingerprint density at radius 2 is 1.71 bits per heavy atom. The van der Waals surface area contributed by atoms with Crippen LogP contribution in [0.3, 0.4) is 0 Å². The quantitative estimate of drug-likeness (QED) is 0.364. The van der Waals surface area contributed by atoms with Crippen molar-refractivity contribution < 1.29 is 31.1 Å². The van der Waals surface area contributed by atoms with Gasteiger partial charge in [-0.25, -0.2) is 13.8 Å². The van der Waals surface area contributed by atoms with Crippen molar-refractivity contribution in [3.8, 4) is 5.75 Å². The second-order valence-corrected chi connectivity index (χ2v) is 9.30. The molecule has 0 saturated heterocycles. The minimum absolute atomic E-state index is 0.171. The fourth-order valence-corrected chi connectivity index (χ4v) is 4.44. The molecule has 0 aliphatic rings. The first-order valence-corrected chi connectivity index (χ1v) is 11.7. The summed E-state index contributed by atoms with van der Waals surface area (Å²) in [6.45, 7) is 0.965. The SMILES string of the molecule is COc1ccc(/C=N\NC(=O)CN(c2cccc(C(F)(F)F)c2)S(=O)(=O)c2ccc(C)cc2)cc1. The maximum absolute atomic E-state index is 13.3. The number of amides is 1. The number of halogens is 3. The minimum Gasteiger partial charge on any atom is -0.497 e. The Balaban J connectivity index is 1.88. The number of hydrogen-bond acceptors (Lipinski definition) is 5. The van der Waals surface area contributed by atoms with Gasteiger partial charge in [0.05, 0.1) is 29.5 Å². The molecule has 35 heavy (non-hydrogen) atoms. The molecule has 0 heterocycles. The minimum atomic E-state index is -4.69. The van der Waals surface area contributed by atoms with E-state index in [4.69, 9.17) is 4.74 Å². The zero-order valence-electron chi connectivity index (χ0n) is 18.8. The molecule has 0 radical (unpaired) electrons. The van der Waals surface area contributed by atoms with Gasteiger partial charge in [-0.2, -0.15) is 18.3 Å². The van der Waals surface area contributed by atoms with Crippen LogP contribution < -0.4 is 14.5 Å². The predicted molar refractivity (Wildman–Crippen MR) is 126 cm³/mol. The summed E-state index contributed by atoms with van der Waals surface area (Å²) >= 11 is 0. The van der Waals surface area contributed by atoms with Gasteiger partial charge in [-0.3, -0.25) is 9.10 Å². The van der Waals surface area contributed by atoms with Crippen LogP contribution in [0.4, 0.5) is 18.9 Å². The van der Waals surface area contributed by atoms with Crippen LogP contribution in [0.15, 0.2) is 82.8 Å². The predicted octanol–water partition coefficient (Wildman–Crippen LogP) is 4.37. The number of benzene rings is 3. The average Bonchev–Trinajstić information content (AvgIpc) is 2.82. The molecule has 1 amide bonds. The zero-order chi connectivity index (χ0) is 25.6. The first-order chi connectivity index (χ1) is 16.5. The molecule has 0 unspecified atom stereocenters. The van der Waals surface area contributed by atoms with Crippen LogP contribution in [0.5, 0.6) is 5.75 Å². The first-order valence-electron chi connectivity index (χ1n) is 10.2. The van der Waals surface area contributed by atoms with Crippen molar-refractivity contribution in [1.29, 1.82) is 0 Å². The number of hydrazone groups is 1. The van der Waals surface area contributed by atoms with Crippen LogP contribution in [0.2, 0.25) is 0 Å². The molecule has 11 heteroatoms. The van der Waals surface area contributed by atoms with Gasteiger partial charge in [0.15, 0.2) is 0 Å². The van der Waals surface area contributed by atoms with Crippen LogP contribution in [-0.2, 0) is 21.0 Å². The van der Waals surface area contributed by atoms with Crippen molar-refractivity contribution in [1.82, 2.24) is 5.43 Å². The Morgan fingerprint density at radius 1 is 1.06 bits per heavy atom. The Hall–Kier alpha value is -3.86. The van der Waals surface area contributed by atoms with Crippen LogP contribution in [0.1, 0.15) is 16.7 Å². The van der Waals surface area contributed by atoms with Crippen LogP contribution in [0.25, 0.3) is 0 Å². The number of carbonyl (C=O) groups is 1. The molecule has 0 aromatic heterocycles. The highest BCUT2D eigenvalue weighted by Gasteiger charge is 2.33. The number of aryl methyl sites for hydroxylation is 1. The molecule has 184 valence electrons. The molecule has 3 rings (SSSR count). The van der Waals surface area contributed by atoms with Crippen LogP contribution in [0, 0.1) is 6.92 Å². The van der Waals surface area contributed by atoms with Crippen molar-refractivity contribution >= 4 is 27.8 Å². The number of alkyl halides is 3. The van der Waals surface area contributed by atoms with Gasteiger partial charge in [0.25, 0.3) is 15.9 Å². The molecule has 0 aliphatic carbocycles. The summed E-state index contributed by atoms with van der Waals surface area (Å²) in [7, 11) is -2.86. The highest BCUT2D eigenvalue weighted by Crippen LogP contribution is 2.33. The van der Waals surface area contributed by atoms with Gasteiger partial charge < -0.3 is 4.74 Å². The molecule has 0 atom stereocenters. The molecule has 0 bridgehead atoms. The average molecular weight is 506 g/mol. The topological polar surface area (TPSA) is 88.1 Å². The van der Waals surface area contributed by atoms with E-state index >= 15 is 0 Å². The third kappa shape index (κ3) is 6.60. The molecule has 0 aliphatic heterocycles. The van der Waals surface area contributed by atoms with Gasteiger partial charge >= 0.3 is 6.18 Å². The number of methoxy groups -OCH3 is 1. The van der Waals surface area contributed by atoms with E-state index in [2.05, 4.69) is 10.5 Å². The van der Waals surface area contributed by atoms with E-state index in [1.807, 2.05) is 0 Å². The van der Waals surface area contributed by atoms with Gasteiger partial charge in [0.1, 0.15) is 12.3 Å². The van der Waals surface area contributed by atoms with Crippen LogP contribution >= 0.6 is 0 Å². The fourth-order valence-electron chi connectivity index (χ4n) is 3.02. The first kappa shape index (κ1) is 25.8. The molecule has 1 N–H and O–H groups in total. The summed E-state index contributed by atoms with van der Waals surface area (Å²) in [5.74, 6) is -0.216. The largest absolute Gasteiger partial charge is 0.497 e. The van der Waals surface area contributed by atoms with E-state index in [0.29, 0.717) is 21.7 Å². The molecule has 0 saturated carbocycles. The third-order valence-corrected chi connectivity index (χ3v) is 6.66. The molecule has 7 nitrogen and oxygen atoms in total. The highest BCUT2D eigenvalue weighted by molar-refractivity contribution is 7.92. The molecule has 0 spiro atoms. The highest BCUT2D eigenvalue weighted by atomic mass is 32.2. The molecule has 0 fully saturated rings. The standard InChI is InChI=1S/C24H22F3N3O4S/c1-17-6-12-22(13-7-17)35(32,33)30(20-5-3-4-19(14-20)24(25,26)27)16-23(31)29-28-15-18-8-10-21(34-2)11-9-18/h3-15H,16H2,1-2H3,(H,29,31)/b28-15-. The summed E-state index contributed by atoms with van der Waals surface area (Å²) in [6, 6.07) is 16.3. The number of nitrogens with zero attached hydrogens (tertiary/aromatic N) is 2. The lowest BCUT2D eigenvalue weighted by molar-refractivity contribution is -0.137. The van der Waals surface area contributed by atoms with Gasteiger partial charge in [-0.15, -0.1) is 0 Å². The molecule has 3 aromatic rings. The summed E-state index contributed by atoms with van der Waals surface area (Å²) < 4.78 is 72.1. The van der Waals surface area contributed by atoms with Crippen molar-refractivity contribution in [2.24, 2.45) is 5.10 Å². The number of nitrogens with one attached hydrogen (secondary N) is 1. The van der Waals surface area contributed by atoms with E-state index in [1.165, 1.54) is 31.5 Å². The molecule has 3 aromatic carbocycles. The number of sulfonamides is 1. The normalized spacial score (nSPS) is 11.9. The van der Waals surface area contributed by atoms with Crippen molar-refractivity contribution in [2.45, 2.75) is 18.0 Å². The number of hydrogen-bond donors (Lipinski definition) is 1. The fraction of sp³-hybridized carbons (Fsp3) is 0.167. The van der Waals surface area contributed by atoms with Crippen LogP contribution in [-0.4, -0.2) is 34.2 Å². The van der Waals surface area contributed by atoms with Gasteiger partial charge in [-0.1, -0.05) is 23.8 Å². The Bertz CT molecular complexity index is 1310. The smallest absolute Gasteiger partial charge is 0.416 e. The molecular formula is C24H22F3N3O4S. The van der Waals surface area contributed by atoms with E-state index in [-0.39, 0.29) is 10.6 Å². The second-order valence-electron chi connectivity index (χ2n) is 7.44. The summed E-state index contributed by atoms with van der Waals surface area (Å²) in [4.78, 5) is 12.4. The Morgan fingerprint density at radius 3 is 2.31 bits per heavy atom. The number of carbonyl (C=O) groups excluding carboxylic acids is 1. The van der Waals surface area contributed by atoms with Crippen molar-refractivity contribution in [2.75, 3.05) is 18.0 Å². The second kappa shape index (κ2) is 10.6. The lowest BCUT2D eigenvalue weighted by Crippen LogP contribution is -2.39. The van der Waals surface area contributed by atoms with Crippen molar-refractivity contribution in [3.05, 3.63) is 89.5 Å². The number of ether oxygens (including phenoxy) is 1.